The van der Waals surface area contributed by atoms with Gasteiger partial charge in [-0.1, -0.05) is 0 Å². The lowest BCUT2D eigenvalue weighted by Crippen LogP contribution is -2.47. The summed E-state index contributed by atoms with van der Waals surface area (Å²) >= 11 is 0. The van der Waals surface area contributed by atoms with Crippen molar-refractivity contribution in [3.63, 3.8) is 0 Å². The van der Waals surface area contributed by atoms with Gasteiger partial charge in [0, 0.05) is 37.4 Å². The molecule has 0 saturated carbocycles. The smallest absolute Gasteiger partial charge is 0.272 e. The second-order valence-electron chi connectivity index (χ2n) is 7.43. The molecular formula is C19H24FN5O. The Morgan fingerprint density at radius 2 is 1.58 bits per heavy atom. The van der Waals surface area contributed by atoms with Crippen LogP contribution in [0.4, 0.5) is 15.9 Å². The first kappa shape index (κ1) is 18.1. The van der Waals surface area contributed by atoms with Crippen LogP contribution >= 0.6 is 0 Å². The van der Waals surface area contributed by atoms with Crippen LogP contribution in [0.25, 0.3) is 0 Å². The molecule has 0 aliphatic carbocycles. The van der Waals surface area contributed by atoms with Crippen LogP contribution in [0.1, 0.15) is 31.3 Å². The quantitative estimate of drug-likeness (QED) is 0.914. The summed E-state index contributed by atoms with van der Waals surface area (Å²) in [5.74, 6) is 0.312. The second kappa shape index (κ2) is 7.27. The molecule has 1 N–H and O–H groups in total. The van der Waals surface area contributed by atoms with Gasteiger partial charge in [0.1, 0.15) is 5.82 Å². The second-order valence-corrected chi connectivity index (χ2v) is 7.43. The summed E-state index contributed by atoms with van der Waals surface area (Å²) in [5, 5.41) is 11.1. The van der Waals surface area contributed by atoms with Crippen molar-refractivity contribution in [1.82, 2.24) is 15.5 Å². The Bertz CT molecular complexity index is 747. The number of anilines is 2. The molecule has 1 amide bonds. The number of carbonyl (C=O) groups is 1. The van der Waals surface area contributed by atoms with Gasteiger partial charge in [-0.25, -0.2) is 4.39 Å². The average Bonchev–Trinajstić information content (AvgIpc) is 2.61. The molecule has 7 heteroatoms. The summed E-state index contributed by atoms with van der Waals surface area (Å²) in [7, 11) is 0. The largest absolute Gasteiger partial charge is 0.368 e. The minimum atomic E-state index is -0.311. The molecule has 1 fully saturated rings. The SMILES string of the molecule is CC(C)(C)NC(=O)c1ccc(N2CCN(c3ccc(F)cc3)CC2)nn1. The van der Waals surface area contributed by atoms with Crippen molar-refractivity contribution in [2.24, 2.45) is 0 Å². The number of nitrogens with zero attached hydrogens (tertiary/aromatic N) is 4. The zero-order valence-corrected chi connectivity index (χ0v) is 15.4. The standard InChI is InChI=1S/C19H24FN5O/c1-19(2,3)21-18(26)16-8-9-17(23-22-16)25-12-10-24(11-13-25)15-6-4-14(20)5-7-15/h4-9H,10-13H2,1-3H3,(H,21,26). The molecule has 0 radical (unpaired) electrons. The predicted molar refractivity (Wildman–Crippen MR) is 100 cm³/mol. The number of hydrogen-bond donors (Lipinski definition) is 1. The van der Waals surface area contributed by atoms with Gasteiger partial charge in [0.2, 0.25) is 0 Å². The molecule has 2 heterocycles. The van der Waals surface area contributed by atoms with E-state index in [4.69, 9.17) is 0 Å². The minimum Gasteiger partial charge on any atom is -0.368 e. The number of benzene rings is 1. The molecule has 1 aliphatic rings. The molecule has 1 saturated heterocycles. The zero-order chi connectivity index (χ0) is 18.7. The number of halogens is 1. The molecule has 0 spiro atoms. The molecule has 138 valence electrons. The summed E-state index contributed by atoms with van der Waals surface area (Å²) in [6.45, 7) is 8.99. The summed E-state index contributed by atoms with van der Waals surface area (Å²) in [6, 6.07) is 10.1. The Morgan fingerprint density at radius 3 is 2.12 bits per heavy atom. The van der Waals surface area contributed by atoms with Gasteiger partial charge >= 0.3 is 0 Å². The van der Waals surface area contributed by atoms with E-state index in [1.807, 2.05) is 26.8 Å². The zero-order valence-electron chi connectivity index (χ0n) is 15.4. The Morgan fingerprint density at radius 1 is 0.962 bits per heavy atom. The molecule has 0 atom stereocenters. The van der Waals surface area contributed by atoms with E-state index in [0.717, 1.165) is 37.7 Å². The fourth-order valence-electron chi connectivity index (χ4n) is 2.87. The number of amides is 1. The Hall–Kier alpha value is -2.70. The molecular weight excluding hydrogens is 333 g/mol. The first-order chi connectivity index (χ1) is 12.3. The highest BCUT2D eigenvalue weighted by atomic mass is 19.1. The van der Waals surface area contributed by atoms with E-state index in [1.165, 1.54) is 12.1 Å². The van der Waals surface area contributed by atoms with E-state index in [0.29, 0.717) is 5.69 Å². The van der Waals surface area contributed by atoms with E-state index in [1.54, 1.807) is 18.2 Å². The molecule has 0 bridgehead atoms. The van der Waals surface area contributed by atoms with Crippen molar-refractivity contribution in [3.05, 3.63) is 47.9 Å². The first-order valence-corrected chi connectivity index (χ1v) is 8.73. The van der Waals surface area contributed by atoms with Gasteiger partial charge in [-0.3, -0.25) is 4.79 Å². The third-order valence-electron chi connectivity index (χ3n) is 4.17. The number of carbonyl (C=O) groups excluding carboxylic acids is 1. The molecule has 6 nitrogen and oxygen atoms in total. The van der Waals surface area contributed by atoms with Crippen molar-refractivity contribution < 1.29 is 9.18 Å². The van der Waals surface area contributed by atoms with Crippen LogP contribution in [-0.2, 0) is 0 Å². The van der Waals surface area contributed by atoms with Gasteiger partial charge in [-0.15, -0.1) is 10.2 Å². The summed E-state index contributed by atoms with van der Waals surface area (Å²) in [4.78, 5) is 16.5. The van der Waals surface area contributed by atoms with E-state index in [9.17, 15) is 9.18 Å². The van der Waals surface area contributed by atoms with E-state index >= 15 is 0 Å². The maximum Gasteiger partial charge on any atom is 0.272 e. The van der Waals surface area contributed by atoms with Gasteiger partial charge in [0.25, 0.3) is 5.91 Å². The van der Waals surface area contributed by atoms with Gasteiger partial charge in [-0.05, 0) is 57.2 Å². The lowest BCUT2D eigenvalue weighted by molar-refractivity contribution is 0.0913. The number of hydrogen-bond acceptors (Lipinski definition) is 5. The number of nitrogens with one attached hydrogen (secondary N) is 1. The normalized spacial score (nSPS) is 15.1. The third kappa shape index (κ3) is 4.47. The number of aromatic nitrogens is 2. The minimum absolute atomic E-state index is 0.224. The molecule has 1 aromatic carbocycles. The van der Waals surface area contributed by atoms with E-state index < -0.39 is 0 Å². The lowest BCUT2D eigenvalue weighted by Gasteiger charge is -2.36. The van der Waals surface area contributed by atoms with Crippen molar-refractivity contribution in [2.75, 3.05) is 36.0 Å². The topological polar surface area (TPSA) is 61.4 Å². The average molecular weight is 357 g/mol. The van der Waals surface area contributed by atoms with Crippen molar-refractivity contribution in [1.29, 1.82) is 0 Å². The fourth-order valence-corrected chi connectivity index (χ4v) is 2.87. The first-order valence-electron chi connectivity index (χ1n) is 8.73. The molecule has 26 heavy (non-hydrogen) atoms. The Balaban J connectivity index is 1.59. The molecule has 2 aromatic rings. The summed E-state index contributed by atoms with van der Waals surface area (Å²) in [5.41, 5.74) is 1.02. The van der Waals surface area contributed by atoms with Crippen LogP contribution < -0.4 is 15.1 Å². The lowest BCUT2D eigenvalue weighted by atomic mass is 10.1. The van der Waals surface area contributed by atoms with Crippen LogP contribution in [0.15, 0.2) is 36.4 Å². The number of rotatable bonds is 3. The number of piperazine rings is 1. The van der Waals surface area contributed by atoms with E-state index in [2.05, 4.69) is 25.3 Å². The monoisotopic (exact) mass is 357 g/mol. The van der Waals surface area contributed by atoms with Crippen molar-refractivity contribution in [2.45, 2.75) is 26.3 Å². The molecule has 1 aromatic heterocycles. The van der Waals surface area contributed by atoms with Crippen LogP contribution in [0.3, 0.4) is 0 Å². The third-order valence-corrected chi connectivity index (χ3v) is 4.17. The van der Waals surface area contributed by atoms with Gasteiger partial charge in [0.05, 0.1) is 0 Å². The highest BCUT2D eigenvalue weighted by Gasteiger charge is 2.20. The molecule has 0 unspecified atom stereocenters. The van der Waals surface area contributed by atoms with Crippen LogP contribution in [0, 0.1) is 5.82 Å². The maximum absolute atomic E-state index is 13.0. The van der Waals surface area contributed by atoms with Gasteiger partial charge < -0.3 is 15.1 Å². The van der Waals surface area contributed by atoms with Crippen LogP contribution in [0.5, 0.6) is 0 Å². The fraction of sp³-hybridized carbons (Fsp3) is 0.421. The summed E-state index contributed by atoms with van der Waals surface area (Å²) < 4.78 is 13.0. The van der Waals surface area contributed by atoms with E-state index in [-0.39, 0.29) is 17.3 Å². The van der Waals surface area contributed by atoms with Crippen molar-refractivity contribution in [3.8, 4) is 0 Å². The molecule has 1 aliphatic heterocycles. The molecule has 3 rings (SSSR count). The highest BCUT2D eigenvalue weighted by molar-refractivity contribution is 5.92. The Kier molecular flexibility index (Phi) is 5.06. The van der Waals surface area contributed by atoms with Gasteiger partial charge in [-0.2, -0.15) is 0 Å². The Labute approximate surface area is 153 Å². The van der Waals surface area contributed by atoms with Gasteiger partial charge in [0.15, 0.2) is 11.5 Å². The van der Waals surface area contributed by atoms with Crippen LogP contribution in [-0.4, -0.2) is 47.8 Å². The maximum atomic E-state index is 13.0. The highest BCUT2D eigenvalue weighted by Crippen LogP contribution is 2.19. The predicted octanol–water partition coefficient (Wildman–Crippen LogP) is 2.47. The summed E-state index contributed by atoms with van der Waals surface area (Å²) in [6.07, 6.45) is 0. The van der Waals surface area contributed by atoms with Crippen molar-refractivity contribution >= 4 is 17.4 Å². The van der Waals surface area contributed by atoms with Crippen LogP contribution in [0.2, 0.25) is 0 Å².